The first-order valence-corrected chi connectivity index (χ1v) is 10.6. The van der Waals surface area contributed by atoms with Crippen molar-refractivity contribution in [1.29, 1.82) is 0 Å². The third kappa shape index (κ3) is 3.06. The minimum absolute atomic E-state index is 0.0386. The molecule has 1 saturated carbocycles. The molecule has 1 spiro atoms. The highest BCUT2D eigenvalue weighted by atomic mass is 19.1. The Morgan fingerprint density at radius 1 is 0.967 bits per heavy atom. The van der Waals surface area contributed by atoms with Gasteiger partial charge in [0, 0.05) is 18.7 Å². The van der Waals surface area contributed by atoms with Crippen molar-refractivity contribution in [1.82, 2.24) is 4.90 Å². The van der Waals surface area contributed by atoms with Crippen molar-refractivity contribution < 1.29 is 18.7 Å². The Kier molecular flexibility index (Phi) is 4.53. The zero-order valence-electron chi connectivity index (χ0n) is 16.9. The van der Waals surface area contributed by atoms with E-state index in [1.165, 1.54) is 12.1 Å². The maximum atomic E-state index is 13.9. The molecular formula is C24H25FN2O3. The predicted octanol–water partition coefficient (Wildman–Crippen LogP) is 4.27. The monoisotopic (exact) mass is 408 g/mol. The van der Waals surface area contributed by atoms with Crippen LogP contribution >= 0.6 is 0 Å². The maximum absolute atomic E-state index is 13.9. The lowest BCUT2D eigenvalue weighted by Crippen LogP contribution is -2.47. The van der Waals surface area contributed by atoms with Crippen molar-refractivity contribution in [3.05, 3.63) is 66.0 Å². The van der Waals surface area contributed by atoms with E-state index in [0.717, 1.165) is 36.9 Å². The van der Waals surface area contributed by atoms with Gasteiger partial charge in [-0.15, -0.1) is 0 Å². The molecular weight excluding hydrogens is 383 g/mol. The van der Waals surface area contributed by atoms with Gasteiger partial charge in [0.1, 0.15) is 5.82 Å². The van der Waals surface area contributed by atoms with E-state index in [4.69, 9.17) is 4.74 Å². The van der Waals surface area contributed by atoms with E-state index < -0.39 is 11.0 Å². The largest absolute Gasteiger partial charge is 0.439 e. The molecule has 2 aromatic carbocycles. The highest BCUT2D eigenvalue weighted by molar-refractivity contribution is 5.91. The van der Waals surface area contributed by atoms with E-state index in [2.05, 4.69) is 0 Å². The van der Waals surface area contributed by atoms with Crippen LogP contribution < -0.4 is 4.90 Å². The van der Waals surface area contributed by atoms with Crippen LogP contribution in [0.1, 0.15) is 37.7 Å². The lowest BCUT2D eigenvalue weighted by atomic mass is 9.77. The highest BCUT2D eigenvalue weighted by Gasteiger charge is 2.54. The van der Waals surface area contributed by atoms with Gasteiger partial charge >= 0.3 is 6.09 Å². The zero-order chi connectivity index (χ0) is 20.8. The zero-order valence-corrected chi connectivity index (χ0v) is 16.9. The second-order valence-electron chi connectivity index (χ2n) is 8.75. The van der Waals surface area contributed by atoms with Crippen molar-refractivity contribution in [2.45, 2.75) is 43.1 Å². The Hall–Kier alpha value is -2.89. The van der Waals surface area contributed by atoms with Gasteiger partial charge < -0.3 is 9.64 Å². The van der Waals surface area contributed by atoms with E-state index in [1.54, 1.807) is 11.0 Å². The fourth-order valence-corrected chi connectivity index (χ4v) is 5.35. The van der Waals surface area contributed by atoms with Crippen molar-refractivity contribution in [2.24, 2.45) is 0 Å². The molecule has 2 heterocycles. The number of halogens is 1. The molecule has 156 valence electrons. The van der Waals surface area contributed by atoms with Gasteiger partial charge in [0.2, 0.25) is 5.91 Å². The molecule has 6 heteroatoms. The smallest absolute Gasteiger partial charge is 0.415 e. The van der Waals surface area contributed by atoms with Gasteiger partial charge in [0.15, 0.2) is 5.60 Å². The molecule has 5 nitrogen and oxygen atoms in total. The number of carbonyl (C=O) groups is 2. The number of hydrogen-bond acceptors (Lipinski definition) is 3. The number of likely N-dealkylation sites (tertiary alicyclic amines) is 1. The molecule has 3 aliphatic rings. The van der Waals surface area contributed by atoms with Gasteiger partial charge in [-0.2, -0.15) is 0 Å². The summed E-state index contributed by atoms with van der Waals surface area (Å²) in [6, 6.07) is 15.9. The summed E-state index contributed by atoms with van der Waals surface area (Å²) in [5.41, 5.74) is 0.219. The quantitative estimate of drug-likeness (QED) is 0.762. The van der Waals surface area contributed by atoms with Crippen molar-refractivity contribution in [3.63, 3.8) is 0 Å². The van der Waals surface area contributed by atoms with E-state index in [-0.39, 0.29) is 17.8 Å². The Morgan fingerprint density at radius 2 is 1.73 bits per heavy atom. The third-order valence-electron chi connectivity index (χ3n) is 6.89. The summed E-state index contributed by atoms with van der Waals surface area (Å²) in [6.07, 6.45) is 3.63. The molecule has 2 aliphatic heterocycles. The molecule has 0 aromatic heterocycles. The van der Waals surface area contributed by atoms with Crippen LogP contribution in [0.4, 0.5) is 14.9 Å². The normalized spacial score (nSPS) is 25.2. The average molecular weight is 408 g/mol. The van der Waals surface area contributed by atoms with Gasteiger partial charge in [-0.25, -0.2) is 9.18 Å². The van der Waals surface area contributed by atoms with Gasteiger partial charge in [0.25, 0.3) is 0 Å². The third-order valence-corrected chi connectivity index (χ3v) is 6.89. The molecule has 2 amide bonds. The van der Waals surface area contributed by atoms with Crippen molar-refractivity contribution >= 4 is 17.7 Å². The molecule has 2 aromatic rings. The van der Waals surface area contributed by atoms with Crippen LogP contribution in [0.3, 0.4) is 0 Å². The molecule has 3 fully saturated rings. The summed E-state index contributed by atoms with van der Waals surface area (Å²) in [7, 11) is 0. The highest BCUT2D eigenvalue weighted by Crippen LogP contribution is 2.45. The van der Waals surface area contributed by atoms with E-state index in [0.29, 0.717) is 26.1 Å². The summed E-state index contributed by atoms with van der Waals surface area (Å²) >= 11 is 0. The Morgan fingerprint density at radius 3 is 2.47 bits per heavy atom. The Bertz CT molecular complexity index is 973. The van der Waals surface area contributed by atoms with E-state index in [9.17, 15) is 14.0 Å². The van der Waals surface area contributed by atoms with Crippen LogP contribution in [0, 0.1) is 5.82 Å². The number of hydrogen-bond donors (Lipinski definition) is 0. The summed E-state index contributed by atoms with van der Waals surface area (Å²) in [5.74, 6) is -0.274. The topological polar surface area (TPSA) is 49.9 Å². The van der Waals surface area contributed by atoms with Crippen LogP contribution in [0.25, 0.3) is 0 Å². The summed E-state index contributed by atoms with van der Waals surface area (Å²) < 4.78 is 19.7. The predicted molar refractivity (Wildman–Crippen MR) is 111 cm³/mol. The molecule has 0 unspecified atom stereocenters. The molecule has 30 heavy (non-hydrogen) atoms. The fraction of sp³-hybridized carbons (Fsp3) is 0.417. The van der Waals surface area contributed by atoms with Crippen LogP contribution in [0.5, 0.6) is 0 Å². The van der Waals surface area contributed by atoms with Crippen molar-refractivity contribution in [2.75, 3.05) is 24.5 Å². The first kappa shape index (κ1) is 19.1. The number of para-hydroxylation sites is 1. The van der Waals surface area contributed by atoms with Gasteiger partial charge in [0.05, 0.1) is 18.5 Å². The number of nitrogens with zero attached hydrogens (tertiary/aromatic N) is 2. The summed E-state index contributed by atoms with van der Waals surface area (Å²) in [4.78, 5) is 29.7. The second kappa shape index (κ2) is 7.11. The van der Waals surface area contributed by atoms with E-state index >= 15 is 0 Å². The van der Waals surface area contributed by atoms with Gasteiger partial charge in [-0.05, 0) is 42.7 Å². The Balaban J connectivity index is 1.38. The standard InChI is InChI=1S/C24H25FN2O3/c25-19-8-6-7-18(15-19)24(11-4-5-12-24)21(28)26-14-13-23(16-26)17-27(22(29)30-23)20-9-2-1-3-10-20/h1-3,6-10,15H,4-5,11-14,16-17H2/t23-/m1/s1. The van der Waals surface area contributed by atoms with Crippen LogP contribution in [-0.4, -0.2) is 42.1 Å². The Labute approximate surface area is 175 Å². The molecule has 0 bridgehead atoms. The number of rotatable bonds is 3. The minimum Gasteiger partial charge on any atom is -0.439 e. The van der Waals surface area contributed by atoms with E-state index in [1.807, 2.05) is 41.3 Å². The van der Waals surface area contributed by atoms with Gasteiger partial charge in [-0.1, -0.05) is 43.2 Å². The fourth-order valence-electron chi connectivity index (χ4n) is 5.35. The van der Waals surface area contributed by atoms with Gasteiger partial charge in [-0.3, -0.25) is 9.69 Å². The number of anilines is 1. The maximum Gasteiger partial charge on any atom is 0.415 e. The first-order chi connectivity index (χ1) is 14.5. The molecule has 1 aliphatic carbocycles. The summed E-state index contributed by atoms with van der Waals surface area (Å²) in [6.45, 7) is 1.37. The molecule has 5 rings (SSSR count). The molecule has 0 N–H and O–H groups in total. The average Bonchev–Trinajstić information content (AvgIpc) is 3.48. The number of amides is 2. The number of ether oxygens (including phenoxy) is 1. The lowest BCUT2D eigenvalue weighted by molar-refractivity contribution is -0.137. The first-order valence-electron chi connectivity index (χ1n) is 10.6. The van der Waals surface area contributed by atoms with Crippen LogP contribution in [-0.2, 0) is 14.9 Å². The summed E-state index contributed by atoms with van der Waals surface area (Å²) in [5, 5.41) is 0. The number of carbonyl (C=O) groups excluding carboxylic acids is 2. The second-order valence-corrected chi connectivity index (χ2v) is 8.75. The number of benzene rings is 2. The lowest BCUT2D eigenvalue weighted by Gasteiger charge is -2.33. The minimum atomic E-state index is -0.676. The van der Waals surface area contributed by atoms with Crippen LogP contribution in [0.2, 0.25) is 0 Å². The molecule has 1 atom stereocenters. The molecule has 2 saturated heterocycles. The SMILES string of the molecule is O=C1O[C@@]2(CCN(C(=O)C3(c4cccc(F)c4)CCCC3)C2)CN1c1ccccc1. The van der Waals surface area contributed by atoms with Crippen LogP contribution in [0.15, 0.2) is 54.6 Å². The molecule has 0 radical (unpaired) electrons. The van der Waals surface area contributed by atoms with Crippen molar-refractivity contribution in [3.8, 4) is 0 Å².